The Balaban J connectivity index is 1.39. The Hall–Kier alpha value is -5.68. The minimum atomic E-state index is -0.0678. The second-order valence-electron chi connectivity index (χ2n) is 12.3. The molecular formula is C41H25N3S. The first-order valence-electron chi connectivity index (χ1n) is 15.1. The molecule has 0 unspecified atom stereocenters. The topological polar surface area (TPSA) is 52.5 Å². The molecule has 8 aromatic rings. The monoisotopic (exact) mass is 591 g/mol. The molecule has 210 valence electrons. The van der Waals surface area contributed by atoms with E-state index >= 15 is 0 Å². The highest BCUT2D eigenvalue weighted by Gasteiger charge is 2.37. The van der Waals surface area contributed by atoms with E-state index in [4.69, 9.17) is 0 Å². The highest BCUT2D eigenvalue weighted by atomic mass is 32.1. The van der Waals surface area contributed by atoms with E-state index in [1.165, 1.54) is 42.4 Å². The number of rotatable bonds is 2. The zero-order chi connectivity index (χ0) is 30.4. The summed E-state index contributed by atoms with van der Waals surface area (Å²) >= 11 is 1.84. The van der Waals surface area contributed by atoms with E-state index in [1.54, 1.807) is 0 Å². The highest BCUT2D eigenvalue weighted by Crippen LogP contribution is 2.54. The van der Waals surface area contributed by atoms with Crippen molar-refractivity contribution in [1.29, 1.82) is 10.5 Å². The van der Waals surface area contributed by atoms with Crippen LogP contribution in [0, 0.1) is 22.7 Å². The molecule has 0 atom stereocenters. The lowest BCUT2D eigenvalue weighted by atomic mass is 9.82. The molecule has 1 aliphatic carbocycles. The van der Waals surface area contributed by atoms with Gasteiger partial charge in [-0.1, -0.05) is 92.7 Å². The Bertz CT molecular complexity index is 2650. The summed E-state index contributed by atoms with van der Waals surface area (Å²) in [4.78, 5) is 0. The van der Waals surface area contributed by atoms with Crippen LogP contribution in [0.1, 0.15) is 36.1 Å². The van der Waals surface area contributed by atoms with Crippen molar-refractivity contribution < 1.29 is 0 Å². The van der Waals surface area contributed by atoms with Crippen molar-refractivity contribution in [3.8, 4) is 40.1 Å². The summed E-state index contributed by atoms with van der Waals surface area (Å²) in [5.74, 6) is 0. The van der Waals surface area contributed by atoms with E-state index in [2.05, 4.69) is 103 Å². The third-order valence-corrected chi connectivity index (χ3v) is 11.0. The van der Waals surface area contributed by atoms with Gasteiger partial charge in [-0.2, -0.15) is 10.5 Å². The Morgan fingerprint density at radius 3 is 2.18 bits per heavy atom. The van der Waals surface area contributed by atoms with Crippen LogP contribution < -0.4 is 0 Å². The fourth-order valence-electron chi connectivity index (χ4n) is 7.64. The molecule has 9 rings (SSSR count). The standard InChI is InChI=1S/C41H25N3S/c1-41(2)32-14-5-3-11-29(32)38-33(41)19-18-28-27-12-8-13-30(39(27)45-40(28)38)37-25(23-43)9-7-16-36(37)44-34-15-6-4-10-26(34)31-21-24(22-42)17-20-35(31)44/h3-21H,1-2H3. The summed E-state index contributed by atoms with van der Waals surface area (Å²) in [6, 6.07) is 44.9. The number of aromatic nitrogens is 1. The maximum absolute atomic E-state index is 10.5. The van der Waals surface area contributed by atoms with E-state index in [0.717, 1.165) is 38.6 Å². The van der Waals surface area contributed by atoms with Gasteiger partial charge in [-0.3, -0.25) is 0 Å². The van der Waals surface area contributed by atoms with Gasteiger partial charge in [-0.25, -0.2) is 0 Å². The number of para-hydroxylation sites is 1. The van der Waals surface area contributed by atoms with E-state index in [1.807, 2.05) is 53.8 Å². The number of hydrogen-bond acceptors (Lipinski definition) is 3. The Kier molecular flexibility index (Phi) is 5.25. The molecule has 45 heavy (non-hydrogen) atoms. The van der Waals surface area contributed by atoms with Gasteiger partial charge in [0.25, 0.3) is 0 Å². The SMILES string of the molecule is CC1(C)c2ccccc2-c2c1ccc1c2sc2c(-c3c(C#N)cccc3-n3c4ccccc4c4cc(C#N)ccc43)cccc21. The lowest BCUT2D eigenvalue weighted by Gasteiger charge is -2.21. The average Bonchev–Trinajstić information content (AvgIpc) is 3.70. The van der Waals surface area contributed by atoms with Crippen LogP contribution in [-0.2, 0) is 5.41 Å². The number of fused-ring (bicyclic) bond motifs is 10. The summed E-state index contributed by atoms with van der Waals surface area (Å²) in [5.41, 5.74) is 11.6. The number of nitriles is 2. The molecule has 0 amide bonds. The summed E-state index contributed by atoms with van der Waals surface area (Å²) in [6.07, 6.45) is 0. The molecule has 0 fully saturated rings. The van der Waals surface area contributed by atoms with Gasteiger partial charge in [0.15, 0.2) is 0 Å². The molecule has 2 aromatic heterocycles. The molecule has 0 bridgehead atoms. The minimum Gasteiger partial charge on any atom is -0.309 e. The van der Waals surface area contributed by atoms with Crippen LogP contribution in [0.5, 0.6) is 0 Å². The van der Waals surface area contributed by atoms with Crippen LogP contribution >= 0.6 is 11.3 Å². The molecule has 0 N–H and O–H groups in total. The molecule has 0 saturated carbocycles. The fraction of sp³-hybridized carbons (Fsp3) is 0.0732. The normalized spacial score (nSPS) is 13.2. The Morgan fingerprint density at radius 2 is 1.31 bits per heavy atom. The van der Waals surface area contributed by atoms with Gasteiger partial charge >= 0.3 is 0 Å². The Morgan fingerprint density at radius 1 is 0.578 bits per heavy atom. The lowest BCUT2D eigenvalue weighted by Crippen LogP contribution is -2.14. The van der Waals surface area contributed by atoms with Crippen molar-refractivity contribution >= 4 is 53.3 Å². The van der Waals surface area contributed by atoms with E-state index in [-0.39, 0.29) is 5.41 Å². The summed E-state index contributed by atoms with van der Waals surface area (Å²) in [6.45, 7) is 4.64. The molecule has 6 aromatic carbocycles. The fourth-order valence-corrected chi connectivity index (χ4v) is 9.02. The van der Waals surface area contributed by atoms with Crippen LogP contribution in [-0.4, -0.2) is 4.57 Å². The van der Waals surface area contributed by atoms with Gasteiger partial charge in [0.1, 0.15) is 0 Å². The van der Waals surface area contributed by atoms with Gasteiger partial charge < -0.3 is 4.57 Å². The highest BCUT2D eigenvalue weighted by molar-refractivity contribution is 7.27. The van der Waals surface area contributed by atoms with E-state index < -0.39 is 0 Å². The van der Waals surface area contributed by atoms with Gasteiger partial charge in [-0.05, 0) is 53.1 Å². The second kappa shape index (κ2) is 9.16. The predicted octanol–water partition coefficient (Wildman–Crippen LogP) is 10.9. The first-order valence-corrected chi connectivity index (χ1v) is 15.9. The van der Waals surface area contributed by atoms with E-state index in [9.17, 15) is 10.5 Å². The minimum absolute atomic E-state index is 0.0678. The van der Waals surface area contributed by atoms with Gasteiger partial charge in [0.2, 0.25) is 0 Å². The number of benzene rings is 6. The largest absolute Gasteiger partial charge is 0.309 e. The molecule has 2 heterocycles. The quantitative estimate of drug-likeness (QED) is 0.201. The van der Waals surface area contributed by atoms with Crippen LogP contribution in [0.15, 0.2) is 115 Å². The maximum Gasteiger partial charge on any atom is 0.0998 e. The van der Waals surface area contributed by atoms with Crippen molar-refractivity contribution in [2.45, 2.75) is 19.3 Å². The average molecular weight is 592 g/mol. The van der Waals surface area contributed by atoms with Crippen molar-refractivity contribution in [3.05, 3.63) is 138 Å². The molecular weight excluding hydrogens is 567 g/mol. The molecule has 0 spiro atoms. The molecule has 0 aliphatic heterocycles. The molecule has 4 heteroatoms. The molecule has 0 saturated heterocycles. The van der Waals surface area contributed by atoms with Crippen molar-refractivity contribution in [1.82, 2.24) is 4.57 Å². The molecule has 0 radical (unpaired) electrons. The first-order chi connectivity index (χ1) is 22.0. The van der Waals surface area contributed by atoms with Crippen molar-refractivity contribution in [2.75, 3.05) is 0 Å². The van der Waals surface area contributed by atoms with Gasteiger partial charge in [-0.15, -0.1) is 11.3 Å². The first kappa shape index (κ1) is 25.8. The lowest BCUT2D eigenvalue weighted by molar-refractivity contribution is 0.661. The summed E-state index contributed by atoms with van der Waals surface area (Å²) in [7, 11) is 0. The smallest absolute Gasteiger partial charge is 0.0998 e. The maximum atomic E-state index is 10.5. The van der Waals surface area contributed by atoms with Crippen LogP contribution in [0.4, 0.5) is 0 Å². The van der Waals surface area contributed by atoms with Crippen LogP contribution in [0.3, 0.4) is 0 Å². The van der Waals surface area contributed by atoms with Crippen LogP contribution in [0.2, 0.25) is 0 Å². The van der Waals surface area contributed by atoms with E-state index in [0.29, 0.717) is 11.1 Å². The van der Waals surface area contributed by atoms with Crippen molar-refractivity contribution in [3.63, 3.8) is 0 Å². The molecule has 3 nitrogen and oxygen atoms in total. The number of thiophene rings is 1. The summed E-state index contributed by atoms with van der Waals surface area (Å²) in [5, 5.41) is 24.7. The van der Waals surface area contributed by atoms with Crippen molar-refractivity contribution in [2.24, 2.45) is 0 Å². The zero-order valence-corrected chi connectivity index (χ0v) is 25.5. The van der Waals surface area contributed by atoms with Gasteiger partial charge in [0, 0.05) is 53.1 Å². The summed E-state index contributed by atoms with van der Waals surface area (Å²) < 4.78 is 4.73. The zero-order valence-electron chi connectivity index (χ0n) is 24.7. The van der Waals surface area contributed by atoms with Gasteiger partial charge in [0.05, 0.1) is 40.0 Å². The number of hydrogen-bond donors (Lipinski definition) is 0. The predicted molar refractivity (Wildman–Crippen MR) is 186 cm³/mol. The van der Waals surface area contributed by atoms with Crippen LogP contribution in [0.25, 0.3) is 69.9 Å². The number of nitrogens with zero attached hydrogens (tertiary/aromatic N) is 3. The second-order valence-corrected chi connectivity index (χ2v) is 13.3. The molecule has 1 aliphatic rings. The third kappa shape index (κ3) is 3.38. The Labute approximate surface area is 264 Å². The third-order valence-electron chi connectivity index (χ3n) is 9.68.